The minimum absolute atomic E-state index is 0.801. The van der Waals surface area contributed by atoms with E-state index in [1.165, 1.54) is 16.8 Å². The van der Waals surface area contributed by atoms with Crippen molar-refractivity contribution in [3.05, 3.63) is 40.2 Å². The molecule has 3 nitrogen and oxygen atoms in total. The molecule has 0 saturated carbocycles. The van der Waals surface area contributed by atoms with Crippen LogP contribution in [0.5, 0.6) is 0 Å². The first-order valence-electron chi connectivity index (χ1n) is 7.10. The topological polar surface area (TPSA) is 29.9 Å². The van der Waals surface area contributed by atoms with Crippen LogP contribution in [0.15, 0.2) is 18.2 Å². The van der Waals surface area contributed by atoms with Crippen LogP contribution in [0.3, 0.4) is 0 Å². The maximum absolute atomic E-state index is 6.50. The minimum Gasteiger partial charge on any atom is -0.316 e. The molecule has 1 aromatic carbocycles. The maximum atomic E-state index is 6.50. The third-order valence-corrected chi connectivity index (χ3v) is 3.90. The lowest BCUT2D eigenvalue weighted by molar-refractivity contribution is 0.705. The highest BCUT2D eigenvalue weighted by molar-refractivity contribution is 6.33. The summed E-state index contributed by atoms with van der Waals surface area (Å²) in [6.45, 7) is 5.12. The molecule has 0 amide bonds. The van der Waals surface area contributed by atoms with Crippen molar-refractivity contribution >= 4 is 11.6 Å². The molecule has 0 aliphatic carbocycles. The summed E-state index contributed by atoms with van der Waals surface area (Å²) in [7, 11) is 3.94. The first kappa shape index (κ1) is 15.1. The molecule has 0 radical (unpaired) electrons. The van der Waals surface area contributed by atoms with Gasteiger partial charge in [0.1, 0.15) is 0 Å². The molecule has 20 heavy (non-hydrogen) atoms. The minimum atomic E-state index is 0.801. The highest BCUT2D eigenvalue weighted by Gasteiger charge is 2.17. The van der Waals surface area contributed by atoms with Crippen molar-refractivity contribution < 1.29 is 0 Å². The first-order chi connectivity index (χ1) is 9.62. The first-order valence-corrected chi connectivity index (χ1v) is 7.48. The van der Waals surface area contributed by atoms with E-state index in [9.17, 15) is 0 Å². The quantitative estimate of drug-likeness (QED) is 0.912. The fourth-order valence-electron chi connectivity index (χ4n) is 2.66. The number of benzene rings is 1. The Kier molecular flexibility index (Phi) is 4.84. The fraction of sp³-hybridized carbons (Fsp3) is 0.438. The van der Waals surface area contributed by atoms with Gasteiger partial charge in [-0.15, -0.1) is 0 Å². The number of hydrogen-bond donors (Lipinski definition) is 1. The summed E-state index contributed by atoms with van der Waals surface area (Å²) >= 11 is 6.50. The van der Waals surface area contributed by atoms with Gasteiger partial charge < -0.3 is 5.32 Å². The largest absolute Gasteiger partial charge is 0.316 e. The summed E-state index contributed by atoms with van der Waals surface area (Å²) < 4.78 is 1.98. The number of aromatic nitrogens is 2. The molecule has 1 aromatic heterocycles. The third kappa shape index (κ3) is 2.74. The van der Waals surface area contributed by atoms with Crippen LogP contribution in [-0.4, -0.2) is 16.8 Å². The van der Waals surface area contributed by atoms with Crippen LogP contribution in [0.4, 0.5) is 0 Å². The molecule has 4 heteroatoms. The summed E-state index contributed by atoms with van der Waals surface area (Å²) in [5.74, 6) is 0. The third-order valence-electron chi connectivity index (χ3n) is 3.59. The normalized spacial score (nSPS) is 11.1. The number of halogens is 1. The lowest BCUT2D eigenvalue weighted by atomic mass is 9.99. The van der Waals surface area contributed by atoms with Gasteiger partial charge >= 0.3 is 0 Å². The zero-order valence-electron chi connectivity index (χ0n) is 12.6. The highest BCUT2D eigenvalue weighted by atomic mass is 35.5. The van der Waals surface area contributed by atoms with E-state index < -0.39 is 0 Å². The van der Waals surface area contributed by atoms with E-state index in [0.717, 1.165) is 35.7 Å². The molecule has 0 spiro atoms. The van der Waals surface area contributed by atoms with E-state index >= 15 is 0 Å². The molecule has 1 N–H and O–H groups in total. The van der Waals surface area contributed by atoms with Crippen LogP contribution in [0.25, 0.3) is 11.1 Å². The van der Waals surface area contributed by atoms with Gasteiger partial charge in [-0.3, -0.25) is 4.68 Å². The van der Waals surface area contributed by atoms with Crippen molar-refractivity contribution in [1.82, 2.24) is 15.1 Å². The van der Waals surface area contributed by atoms with Crippen molar-refractivity contribution in [2.45, 2.75) is 33.2 Å². The Labute approximate surface area is 126 Å². The van der Waals surface area contributed by atoms with Gasteiger partial charge in [-0.25, -0.2) is 0 Å². The van der Waals surface area contributed by atoms with Crippen molar-refractivity contribution in [1.29, 1.82) is 0 Å². The smallest absolute Gasteiger partial charge is 0.0703 e. The molecule has 1 heterocycles. The average Bonchev–Trinajstić information content (AvgIpc) is 2.75. The Balaban J connectivity index is 2.56. The van der Waals surface area contributed by atoms with E-state index in [0.29, 0.717) is 0 Å². The summed E-state index contributed by atoms with van der Waals surface area (Å²) in [6.07, 6.45) is 1.87. The van der Waals surface area contributed by atoms with Crippen LogP contribution in [0, 0.1) is 0 Å². The van der Waals surface area contributed by atoms with Gasteiger partial charge in [-0.05, 0) is 31.5 Å². The molecule has 108 valence electrons. The van der Waals surface area contributed by atoms with E-state index in [1.807, 2.05) is 24.8 Å². The molecule has 0 saturated heterocycles. The van der Waals surface area contributed by atoms with Gasteiger partial charge in [0.25, 0.3) is 0 Å². The SMILES string of the molecule is CCc1nn(C)c(CC)c1-c1ccc(CNC)cc1Cl. The van der Waals surface area contributed by atoms with Crippen molar-refractivity contribution in [3.63, 3.8) is 0 Å². The Hall–Kier alpha value is -1.32. The van der Waals surface area contributed by atoms with Crippen LogP contribution in [-0.2, 0) is 26.4 Å². The van der Waals surface area contributed by atoms with E-state index in [1.54, 1.807) is 0 Å². The molecule has 0 bridgehead atoms. The Morgan fingerprint density at radius 3 is 2.55 bits per heavy atom. The number of rotatable bonds is 5. The van der Waals surface area contributed by atoms with Crippen molar-refractivity contribution in [3.8, 4) is 11.1 Å². The summed E-state index contributed by atoms with van der Waals surface area (Å²) in [4.78, 5) is 0. The molecule has 2 rings (SSSR count). The van der Waals surface area contributed by atoms with E-state index in [4.69, 9.17) is 11.6 Å². The lowest BCUT2D eigenvalue weighted by Gasteiger charge is -2.09. The van der Waals surface area contributed by atoms with Crippen LogP contribution in [0.1, 0.15) is 30.8 Å². The van der Waals surface area contributed by atoms with Crippen LogP contribution >= 0.6 is 11.6 Å². The molecule has 0 aliphatic heterocycles. The van der Waals surface area contributed by atoms with Crippen molar-refractivity contribution in [2.75, 3.05) is 7.05 Å². The summed E-state index contributed by atoms with van der Waals surface area (Å²) in [5.41, 5.74) is 5.85. The number of nitrogens with zero attached hydrogens (tertiary/aromatic N) is 2. The second-order valence-corrected chi connectivity index (χ2v) is 5.35. The van der Waals surface area contributed by atoms with Crippen LogP contribution < -0.4 is 5.32 Å². The molecule has 2 aromatic rings. The zero-order chi connectivity index (χ0) is 14.7. The fourth-order valence-corrected chi connectivity index (χ4v) is 2.96. The average molecular weight is 292 g/mol. The highest BCUT2D eigenvalue weighted by Crippen LogP contribution is 2.34. The second kappa shape index (κ2) is 6.42. The van der Waals surface area contributed by atoms with Gasteiger partial charge in [-0.1, -0.05) is 37.6 Å². The van der Waals surface area contributed by atoms with Crippen molar-refractivity contribution in [2.24, 2.45) is 7.05 Å². The second-order valence-electron chi connectivity index (χ2n) is 4.94. The predicted octanol–water partition coefficient (Wildman–Crippen LogP) is 3.58. The number of nitrogens with one attached hydrogen (secondary N) is 1. The zero-order valence-corrected chi connectivity index (χ0v) is 13.4. The Bertz CT molecular complexity index is 602. The van der Waals surface area contributed by atoms with Gasteiger partial charge in [0.05, 0.1) is 5.69 Å². The molecule has 0 atom stereocenters. The molecule has 0 fully saturated rings. The van der Waals surface area contributed by atoms with E-state index in [2.05, 4.69) is 36.4 Å². The Morgan fingerprint density at radius 1 is 1.25 bits per heavy atom. The van der Waals surface area contributed by atoms with Gasteiger partial charge in [0, 0.05) is 35.4 Å². The number of hydrogen-bond acceptors (Lipinski definition) is 2. The van der Waals surface area contributed by atoms with Gasteiger partial charge in [0.15, 0.2) is 0 Å². The lowest BCUT2D eigenvalue weighted by Crippen LogP contribution is -2.05. The van der Waals surface area contributed by atoms with Gasteiger partial charge in [-0.2, -0.15) is 5.10 Å². The van der Waals surface area contributed by atoms with Gasteiger partial charge in [0.2, 0.25) is 0 Å². The summed E-state index contributed by atoms with van der Waals surface area (Å²) in [6, 6.07) is 6.28. The summed E-state index contributed by atoms with van der Waals surface area (Å²) in [5, 5.41) is 8.57. The molecular weight excluding hydrogens is 270 g/mol. The molecular formula is C16H22ClN3. The molecule has 0 unspecified atom stereocenters. The standard InChI is InChI=1S/C16H22ClN3/c1-5-14-16(15(6-2)20(4)19-14)12-8-7-11(10-18-3)9-13(12)17/h7-9,18H,5-6,10H2,1-4H3. The number of aryl methyl sites for hydroxylation is 2. The molecule has 0 aliphatic rings. The van der Waals surface area contributed by atoms with E-state index in [-0.39, 0.29) is 0 Å². The van der Waals surface area contributed by atoms with Crippen LogP contribution in [0.2, 0.25) is 5.02 Å². The maximum Gasteiger partial charge on any atom is 0.0703 e. The Morgan fingerprint density at radius 2 is 2.00 bits per heavy atom. The predicted molar refractivity (Wildman–Crippen MR) is 85.2 cm³/mol. The monoisotopic (exact) mass is 291 g/mol.